The van der Waals surface area contributed by atoms with Gasteiger partial charge in [-0.1, -0.05) is 46.5 Å². The summed E-state index contributed by atoms with van der Waals surface area (Å²) in [5.74, 6) is 0.507. The Bertz CT molecular complexity index is 146. The van der Waals surface area contributed by atoms with Gasteiger partial charge in [-0.3, -0.25) is 0 Å². The van der Waals surface area contributed by atoms with Crippen LogP contribution in [0.25, 0.3) is 0 Å². The van der Waals surface area contributed by atoms with Crippen molar-refractivity contribution in [3.05, 3.63) is 0 Å². The molecule has 0 bridgehead atoms. The monoisotopic (exact) mass is 184 g/mol. The maximum atomic E-state index is 10.0. The lowest BCUT2D eigenvalue weighted by Crippen LogP contribution is -2.32. The highest BCUT2D eigenvalue weighted by molar-refractivity contribution is 4.81. The molecule has 1 aliphatic rings. The van der Waals surface area contributed by atoms with Crippen LogP contribution in [0.15, 0.2) is 0 Å². The van der Waals surface area contributed by atoms with E-state index in [1.54, 1.807) is 0 Å². The van der Waals surface area contributed by atoms with Crippen molar-refractivity contribution in [2.45, 2.75) is 65.4 Å². The first-order chi connectivity index (χ1) is 6.02. The lowest BCUT2D eigenvalue weighted by molar-refractivity contribution is 0.0233. The summed E-state index contributed by atoms with van der Waals surface area (Å²) in [6.07, 6.45) is 7.37. The molecule has 0 spiro atoms. The molecule has 0 aliphatic heterocycles. The first-order valence-electron chi connectivity index (χ1n) is 5.70. The Morgan fingerprint density at radius 1 is 0.923 bits per heavy atom. The van der Waals surface area contributed by atoms with E-state index in [1.807, 2.05) is 0 Å². The van der Waals surface area contributed by atoms with E-state index in [9.17, 15) is 5.11 Å². The molecule has 1 aliphatic carbocycles. The maximum Gasteiger partial charge on any atom is 0.0573 e. The lowest BCUT2D eigenvalue weighted by atomic mass is 9.72. The maximum absolute atomic E-state index is 10.0. The molecule has 0 saturated heterocycles. The minimum Gasteiger partial charge on any atom is -0.393 e. The second-order valence-electron chi connectivity index (χ2n) is 5.53. The molecular weight excluding hydrogens is 160 g/mol. The van der Waals surface area contributed by atoms with E-state index in [1.165, 1.54) is 32.1 Å². The molecule has 1 N–H and O–H groups in total. The number of hydrogen-bond donors (Lipinski definition) is 1. The fraction of sp³-hybridized carbons (Fsp3) is 1.00. The predicted molar refractivity (Wildman–Crippen MR) is 56.7 cm³/mol. The Balaban J connectivity index is 2.56. The SMILES string of the molecule is CC(C)(C)C1CCCCCCC1O. The highest BCUT2D eigenvalue weighted by atomic mass is 16.3. The zero-order valence-corrected chi connectivity index (χ0v) is 9.34. The van der Waals surface area contributed by atoms with E-state index in [4.69, 9.17) is 0 Å². The Morgan fingerprint density at radius 3 is 2.00 bits per heavy atom. The molecule has 0 radical (unpaired) electrons. The van der Waals surface area contributed by atoms with Crippen molar-refractivity contribution in [1.29, 1.82) is 0 Å². The van der Waals surface area contributed by atoms with E-state index < -0.39 is 0 Å². The molecule has 0 aromatic heterocycles. The van der Waals surface area contributed by atoms with Gasteiger partial charge in [-0.2, -0.15) is 0 Å². The molecule has 2 unspecified atom stereocenters. The summed E-state index contributed by atoms with van der Waals surface area (Å²) in [5, 5.41) is 10.0. The summed E-state index contributed by atoms with van der Waals surface area (Å²) in [4.78, 5) is 0. The van der Waals surface area contributed by atoms with Crippen LogP contribution in [0.5, 0.6) is 0 Å². The van der Waals surface area contributed by atoms with E-state index in [0.29, 0.717) is 5.92 Å². The minimum atomic E-state index is -0.0553. The second kappa shape index (κ2) is 4.45. The van der Waals surface area contributed by atoms with Crippen molar-refractivity contribution in [2.24, 2.45) is 11.3 Å². The summed E-state index contributed by atoms with van der Waals surface area (Å²) >= 11 is 0. The topological polar surface area (TPSA) is 20.2 Å². The van der Waals surface area contributed by atoms with Gasteiger partial charge in [0.25, 0.3) is 0 Å². The van der Waals surface area contributed by atoms with E-state index in [0.717, 1.165) is 6.42 Å². The number of aliphatic hydroxyl groups excluding tert-OH is 1. The average molecular weight is 184 g/mol. The fourth-order valence-electron chi connectivity index (χ4n) is 2.48. The molecule has 1 heteroatoms. The Hall–Kier alpha value is -0.0400. The third-order valence-electron chi connectivity index (χ3n) is 3.34. The predicted octanol–water partition coefficient (Wildman–Crippen LogP) is 3.36. The first kappa shape index (κ1) is 11.0. The van der Waals surface area contributed by atoms with Crippen LogP contribution >= 0.6 is 0 Å². The molecule has 0 amide bonds. The molecular formula is C12H24O. The third-order valence-corrected chi connectivity index (χ3v) is 3.34. The van der Waals surface area contributed by atoms with Gasteiger partial charge >= 0.3 is 0 Å². The summed E-state index contributed by atoms with van der Waals surface area (Å²) in [6.45, 7) is 6.76. The molecule has 1 saturated carbocycles. The smallest absolute Gasteiger partial charge is 0.0573 e. The number of aliphatic hydroxyl groups is 1. The Morgan fingerprint density at radius 2 is 1.46 bits per heavy atom. The largest absolute Gasteiger partial charge is 0.393 e. The van der Waals surface area contributed by atoms with Crippen LogP contribution in [-0.4, -0.2) is 11.2 Å². The quantitative estimate of drug-likeness (QED) is 0.612. The van der Waals surface area contributed by atoms with Gasteiger partial charge < -0.3 is 5.11 Å². The average Bonchev–Trinajstić information content (AvgIpc) is 1.94. The van der Waals surface area contributed by atoms with Gasteiger partial charge in [-0.05, 0) is 24.2 Å². The highest BCUT2D eigenvalue weighted by Gasteiger charge is 2.30. The van der Waals surface area contributed by atoms with Crippen LogP contribution in [0.3, 0.4) is 0 Å². The van der Waals surface area contributed by atoms with Gasteiger partial charge in [0, 0.05) is 0 Å². The van der Waals surface area contributed by atoms with Crippen LogP contribution in [0.2, 0.25) is 0 Å². The van der Waals surface area contributed by atoms with Crippen LogP contribution in [0, 0.1) is 11.3 Å². The summed E-state index contributed by atoms with van der Waals surface area (Å²) in [6, 6.07) is 0. The van der Waals surface area contributed by atoms with Crippen molar-refractivity contribution in [1.82, 2.24) is 0 Å². The van der Waals surface area contributed by atoms with Crippen molar-refractivity contribution in [3.63, 3.8) is 0 Å². The van der Waals surface area contributed by atoms with Gasteiger partial charge in [0.2, 0.25) is 0 Å². The summed E-state index contributed by atoms with van der Waals surface area (Å²) < 4.78 is 0. The zero-order valence-electron chi connectivity index (χ0n) is 9.34. The standard InChI is InChI=1S/C12H24O/c1-12(2,3)10-8-6-4-5-7-9-11(10)13/h10-11,13H,4-9H2,1-3H3. The number of rotatable bonds is 0. The minimum absolute atomic E-state index is 0.0553. The molecule has 1 rings (SSSR count). The molecule has 2 atom stereocenters. The molecule has 0 aromatic rings. The molecule has 78 valence electrons. The third kappa shape index (κ3) is 3.30. The fourth-order valence-corrected chi connectivity index (χ4v) is 2.48. The van der Waals surface area contributed by atoms with Gasteiger partial charge in [-0.25, -0.2) is 0 Å². The first-order valence-corrected chi connectivity index (χ1v) is 5.70. The van der Waals surface area contributed by atoms with Gasteiger partial charge in [0.1, 0.15) is 0 Å². The van der Waals surface area contributed by atoms with Crippen LogP contribution in [-0.2, 0) is 0 Å². The van der Waals surface area contributed by atoms with Crippen molar-refractivity contribution in [2.75, 3.05) is 0 Å². The Labute approximate surface area is 82.5 Å². The number of hydrogen-bond acceptors (Lipinski definition) is 1. The van der Waals surface area contributed by atoms with E-state index in [2.05, 4.69) is 20.8 Å². The van der Waals surface area contributed by atoms with Gasteiger partial charge in [-0.15, -0.1) is 0 Å². The molecule has 0 aromatic carbocycles. The van der Waals surface area contributed by atoms with Crippen LogP contribution in [0.4, 0.5) is 0 Å². The normalized spacial score (nSPS) is 32.3. The van der Waals surface area contributed by atoms with Gasteiger partial charge in [0.15, 0.2) is 0 Å². The molecule has 1 nitrogen and oxygen atoms in total. The molecule has 1 fully saturated rings. The zero-order chi connectivity index (χ0) is 9.90. The van der Waals surface area contributed by atoms with E-state index in [-0.39, 0.29) is 11.5 Å². The van der Waals surface area contributed by atoms with E-state index >= 15 is 0 Å². The lowest BCUT2D eigenvalue weighted by Gasteiger charge is -2.36. The van der Waals surface area contributed by atoms with Crippen molar-refractivity contribution < 1.29 is 5.11 Å². The molecule has 0 heterocycles. The van der Waals surface area contributed by atoms with Gasteiger partial charge in [0.05, 0.1) is 6.10 Å². The van der Waals surface area contributed by atoms with Crippen LogP contribution < -0.4 is 0 Å². The van der Waals surface area contributed by atoms with Crippen molar-refractivity contribution in [3.8, 4) is 0 Å². The highest BCUT2D eigenvalue weighted by Crippen LogP contribution is 2.36. The second-order valence-corrected chi connectivity index (χ2v) is 5.53. The van der Waals surface area contributed by atoms with Crippen molar-refractivity contribution >= 4 is 0 Å². The summed E-state index contributed by atoms with van der Waals surface area (Å²) in [5.41, 5.74) is 0.275. The summed E-state index contributed by atoms with van der Waals surface area (Å²) in [7, 11) is 0. The van der Waals surface area contributed by atoms with Crippen LogP contribution in [0.1, 0.15) is 59.3 Å². The Kier molecular flexibility index (Phi) is 3.78. The molecule has 13 heavy (non-hydrogen) atoms.